The molecule has 1 amide bonds. The highest BCUT2D eigenvalue weighted by molar-refractivity contribution is 5.97. The van der Waals surface area contributed by atoms with Gasteiger partial charge < -0.3 is 10.6 Å². The van der Waals surface area contributed by atoms with Gasteiger partial charge in [0.1, 0.15) is 0 Å². The van der Waals surface area contributed by atoms with Crippen LogP contribution in [0.1, 0.15) is 62.6 Å². The zero-order valence-corrected chi connectivity index (χ0v) is 12.3. The average Bonchev–Trinajstić information content (AvgIpc) is 2.69. The van der Waals surface area contributed by atoms with Gasteiger partial charge >= 0.3 is 0 Å². The van der Waals surface area contributed by atoms with Gasteiger partial charge in [0.25, 0.3) is 5.91 Å². The molecule has 5 nitrogen and oxygen atoms in total. The molecule has 0 unspecified atom stereocenters. The Kier molecular flexibility index (Phi) is 3.56. The number of hydrogen-bond acceptors (Lipinski definition) is 3. The summed E-state index contributed by atoms with van der Waals surface area (Å²) in [6.07, 6.45) is 2.20. The van der Waals surface area contributed by atoms with Crippen molar-refractivity contribution in [2.75, 3.05) is 18.8 Å². The van der Waals surface area contributed by atoms with Gasteiger partial charge in [-0.15, -0.1) is 0 Å². The Hall–Kier alpha value is -1.52. The van der Waals surface area contributed by atoms with E-state index in [0.29, 0.717) is 11.4 Å². The smallest absolute Gasteiger partial charge is 0.276 e. The Morgan fingerprint density at radius 1 is 1.47 bits per heavy atom. The Morgan fingerprint density at radius 2 is 2.16 bits per heavy atom. The summed E-state index contributed by atoms with van der Waals surface area (Å²) in [6, 6.07) is 0. The van der Waals surface area contributed by atoms with E-state index in [4.69, 9.17) is 5.73 Å². The van der Waals surface area contributed by atoms with Crippen LogP contribution < -0.4 is 5.73 Å². The van der Waals surface area contributed by atoms with Gasteiger partial charge in [-0.2, -0.15) is 5.10 Å². The molecule has 1 saturated heterocycles. The minimum Gasteiger partial charge on any atom is -0.395 e. The van der Waals surface area contributed by atoms with Crippen LogP contribution in [0, 0.1) is 5.41 Å². The highest BCUT2D eigenvalue weighted by Crippen LogP contribution is 2.30. The minimum atomic E-state index is -0.0478. The molecule has 0 atom stereocenters. The molecule has 0 spiro atoms. The third kappa shape index (κ3) is 2.74. The summed E-state index contributed by atoms with van der Waals surface area (Å²) in [5.74, 6) is 0.195. The standard InChI is InChI=1S/C14H24N4O/c1-9(2)11-10(15)12(17-16-11)13(19)18-7-5-6-14(3,4)8-18/h9H,5-8,15H2,1-4H3,(H,16,17). The third-order valence-electron chi connectivity index (χ3n) is 3.80. The summed E-state index contributed by atoms with van der Waals surface area (Å²) in [6.45, 7) is 10.0. The van der Waals surface area contributed by atoms with Crippen LogP contribution in [-0.2, 0) is 0 Å². The summed E-state index contributed by atoms with van der Waals surface area (Å²) >= 11 is 0. The molecule has 2 heterocycles. The zero-order chi connectivity index (χ0) is 14.2. The molecule has 0 bridgehead atoms. The lowest BCUT2D eigenvalue weighted by Gasteiger charge is -2.37. The molecule has 2 rings (SSSR count). The van der Waals surface area contributed by atoms with Crippen molar-refractivity contribution in [3.8, 4) is 0 Å². The van der Waals surface area contributed by atoms with Crippen LogP contribution in [0.15, 0.2) is 0 Å². The van der Waals surface area contributed by atoms with E-state index in [-0.39, 0.29) is 17.2 Å². The molecular formula is C14H24N4O. The summed E-state index contributed by atoms with van der Waals surface area (Å²) in [5, 5.41) is 7.01. The first kappa shape index (κ1) is 13.9. The number of nitrogen functional groups attached to an aromatic ring is 1. The van der Waals surface area contributed by atoms with E-state index in [1.807, 2.05) is 18.7 Å². The van der Waals surface area contributed by atoms with Crippen molar-refractivity contribution in [1.82, 2.24) is 15.1 Å². The van der Waals surface area contributed by atoms with Gasteiger partial charge in [0.2, 0.25) is 0 Å². The van der Waals surface area contributed by atoms with E-state index in [2.05, 4.69) is 24.0 Å². The highest BCUT2D eigenvalue weighted by Gasteiger charge is 2.31. The quantitative estimate of drug-likeness (QED) is 0.861. The van der Waals surface area contributed by atoms with Gasteiger partial charge in [-0.25, -0.2) is 0 Å². The number of amides is 1. The molecule has 1 aliphatic rings. The molecule has 106 valence electrons. The van der Waals surface area contributed by atoms with E-state index >= 15 is 0 Å². The first-order valence-corrected chi connectivity index (χ1v) is 6.95. The summed E-state index contributed by atoms with van der Waals surface area (Å²) in [7, 11) is 0. The third-order valence-corrected chi connectivity index (χ3v) is 3.80. The molecule has 0 radical (unpaired) electrons. The van der Waals surface area contributed by atoms with Crippen LogP contribution in [0.3, 0.4) is 0 Å². The molecule has 1 fully saturated rings. The van der Waals surface area contributed by atoms with Crippen LogP contribution >= 0.6 is 0 Å². The number of hydrogen-bond donors (Lipinski definition) is 2. The predicted octanol–water partition coefficient (Wildman–Crippen LogP) is 2.38. The lowest BCUT2D eigenvalue weighted by atomic mass is 9.84. The van der Waals surface area contributed by atoms with Crippen molar-refractivity contribution in [2.45, 2.75) is 46.5 Å². The number of carbonyl (C=O) groups is 1. The Morgan fingerprint density at radius 3 is 2.68 bits per heavy atom. The van der Waals surface area contributed by atoms with Gasteiger partial charge in [-0.3, -0.25) is 9.89 Å². The Balaban J connectivity index is 2.20. The highest BCUT2D eigenvalue weighted by atomic mass is 16.2. The van der Waals surface area contributed by atoms with Gasteiger partial charge in [-0.05, 0) is 24.2 Å². The fourth-order valence-corrected chi connectivity index (χ4v) is 2.71. The Bertz CT molecular complexity index is 476. The molecule has 1 aliphatic heterocycles. The fourth-order valence-electron chi connectivity index (χ4n) is 2.71. The largest absolute Gasteiger partial charge is 0.395 e. The lowest BCUT2D eigenvalue weighted by molar-refractivity contribution is 0.0578. The number of rotatable bonds is 2. The second-order valence-electron chi connectivity index (χ2n) is 6.55. The normalized spacial score (nSPS) is 18.9. The number of carbonyl (C=O) groups excluding carboxylic acids is 1. The van der Waals surface area contributed by atoms with Crippen molar-refractivity contribution >= 4 is 11.6 Å². The van der Waals surface area contributed by atoms with Gasteiger partial charge in [-0.1, -0.05) is 27.7 Å². The summed E-state index contributed by atoms with van der Waals surface area (Å²) in [5.41, 5.74) is 7.94. The van der Waals surface area contributed by atoms with Gasteiger partial charge in [0, 0.05) is 13.1 Å². The molecular weight excluding hydrogens is 240 g/mol. The number of aromatic amines is 1. The van der Waals surface area contributed by atoms with Crippen molar-refractivity contribution in [2.24, 2.45) is 5.41 Å². The predicted molar refractivity (Wildman–Crippen MR) is 76.0 cm³/mol. The maximum absolute atomic E-state index is 12.5. The number of H-pyrrole nitrogens is 1. The zero-order valence-electron chi connectivity index (χ0n) is 12.3. The van der Waals surface area contributed by atoms with Crippen LogP contribution in [0.2, 0.25) is 0 Å². The molecule has 0 aliphatic carbocycles. The maximum atomic E-state index is 12.5. The van der Waals surface area contributed by atoms with E-state index in [1.165, 1.54) is 0 Å². The molecule has 3 N–H and O–H groups in total. The van der Waals surface area contributed by atoms with Gasteiger partial charge in [0.05, 0.1) is 11.4 Å². The second-order valence-corrected chi connectivity index (χ2v) is 6.55. The number of aromatic nitrogens is 2. The number of anilines is 1. The Labute approximate surface area is 114 Å². The van der Waals surface area contributed by atoms with Crippen LogP contribution in [-0.4, -0.2) is 34.1 Å². The van der Waals surface area contributed by atoms with E-state index in [9.17, 15) is 4.79 Å². The van der Waals surface area contributed by atoms with E-state index in [1.54, 1.807) is 0 Å². The number of nitrogens with zero attached hydrogens (tertiary/aromatic N) is 2. The number of piperidine rings is 1. The molecule has 5 heteroatoms. The molecule has 1 aromatic heterocycles. The molecule has 19 heavy (non-hydrogen) atoms. The first-order valence-electron chi connectivity index (χ1n) is 6.95. The average molecular weight is 264 g/mol. The summed E-state index contributed by atoms with van der Waals surface area (Å²) in [4.78, 5) is 14.4. The molecule has 0 aromatic carbocycles. The van der Waals surface area contributed by atoms with Crippen LogP contribution in [0.25, 0.3) is 0 Å². The first-order chi connectivity index (χ1) is 8.82. The monoisotopic (exact) mass is 264 g/mol. The summed E-state index contributed by atoms with van der Waals surface area (Å²) < 4.78 is 0. The molecule has 1 aromatic rings. The van der Waals surface area contributed by atoms with Crippen LogP contribution in [0.5, 0.6) is 0 Å². The topological polar surface area (TPSA) is 75.0 Å². The van der Waals surface area contributed by atoms with E-state index in [0.717, 1.165) is 31.6 Å². The number of nitrogens with one attached hydrogen (secondary N) is 1. The maximum Gasteiger partial charge on any atom is 0.276 e. The van der Waals surface area contributed by atoms with Crippen molar-refractivity contribution in [3.63, 3.8) is 0 Å². The number of likely N-dealkylation sites (tertiary alicyclic amines) is 1. The second kappa shape index (κ2) is 4.87. The fraction of sp³-hybridized carbons (Fsp3) is 0.714. The molecule has 0 saturated carbocycles. The van der Waals surface area contributed by atoms with Crippen LogP contribution in [0.4, 0.5) is 5.69 Å². The van der Waals surface area contributed by atoms with Crippen molar-refractivity contribution in [3.05, 3.63) is 11.4 Å². The lowest BCUT2D eigenvalue weighted by Crippen LogP contribution is -2.43. The SMILES string of the molecule is CC(C)c1[nH]nc(C(=O)N2CCCC(C)(C)C2)c1N. The number of nitrogens with two attached hydrogens (primary N) is 1. The van der Waals surface area contributed by atoms with Crippen molar-refractivity contribution < 1.29 is 4.79 Å². The van der Waals surface area contributed by atoms with Gasteiger partial charge in [0.15, 0.2) is 5.69 Å². The minimum absolute atomic E-state index is 0.0478. The van der Waals surface area contributed by atoms with Crippen molar-refractivity contribution in [1.29, 1.82) is 0 Å². The van der Waals surface area contributed by atoms with E-state index < -0.39 is 0 Å².